The van der Waals surface area contributed by atoms with Gasteiger partial charge in [0.15, 0.2) is 11.5 Å². The van der Waals surface area contributed by atoms with Crippen LogP contribution < -0.4 is 19.5 Å². The van der Waals surface area contributed by atoms with Gasteiger partial charge < -0.3 is 24.4 Å². The number of rotatable bonds is 9. The van der Waals surface area contributed by atoms with Gasteiger partial charge in [-0.2, -0.15) is 0 Å². The highest BCUT2D eigenvalue weighted by atomic mass is 16.5. The maximum atomic E-state index is 13.3. The number of benzene rings is 3. The predicted octanol–water partition coefficient (Wildman–Crippen LogP) is 4.83. The molecule has 0 saturated heterocycles. The van der Waals surface area contributed by atoms with E-state index in [4.69, 9.17) is 14.2 Å². The van der Waals surface area contributed by atoms with Gasteiger partial charge in [0.05, 0.1) is 33.3 Å². The Labute approximate surface area is 199 Å². The molecule has 0 aliphatic carbocycles. The molecule has 2 amide bonds. The van der Waals surface area contributed by atoms with E-state index in [9.17, 15) is 9.59 Å². The fraction of sp³-hybridized carbons (Fsp3) is 0.259. The number of anilines is 1. The van der Waals surface area contributed by atoms with Crippen LogP contribution in [0.3, 0.4) is 0 Å². The molecular formula is C27H28N2O5. The van der Waals surface area contributed by atoms with Gasteiger partial charge >= 0.3 is 0 Å². The first kappa shape index (κ1) is 23.2. The van der Waals surface area contributed by atoms with Crippen molar-refractivity contribution in [1.29, 1.82) is 0 Å². The van der Waals surface area contributed by atoms with Crippen LogP contribution in [0.2, 0.25) is 0 Å². The Morgan fingerprint density at radius 3 is 2.56 bits per heavy atom. The second kappa shape index (κ2) is 10.3. The summed E-state index contributed by atoms with van der Waals surface area (Å²) in [6, 6.07) is 19.8. The molecule has 1 N–H and O–H groups in total. The quantitative estimate of drug-likeness (QED) is 0.495. The van der Waals surface area contributed by atoms with Crippen molar-refractivity contribution in [1.82, 2.24) is 4.90 Å². The van der Waals surface area contributed by atoms with Gasteiger partial charge in [0.1, 0.15) is 5.75 Å². The zero-order valence-electron chi connectivity index (χ0n) is 19.5. The molecule has 0 aromatic heterocycles. The van der Waals surface area contributed by atoms with E-state index in [-0.39, 0.29) is 18.2 Å². The van der Waals surface area contributed by atoms with Gasteiger partial charge in [-0.3, -0.25) is 9.59 Å². The lowest BCUT2D eigenvalue weighted by atomic mass is 10.0. The van der Waals surface area contributed by atoms with Crippen molar-refractivity contribution in [3.63, 3.8) is 0 Å². The third-order valence-electron chi connectivity index (χ3n) is 5.83. The van der Waals surface area contributed by atoms with Crippen LogP contribution in [0.1, 0.15) is 40.9 Å². The molecule has 0 spiro atoms. The summed E-state index contributed by atoms with van der Waals surface area (Å²) in [6.45, 7) is 2.84. The maximum absolute atomic E-state index is 13.3. The van der Waals surface area contributed by atoms with Crippen LogP contribution in [0, 0.1) is 0 Å². The van der Waals surface area contributed by atoms with Gasteiger partial charge in [-0.15, -0.1) is 0 Å². The van der Waals surface area contributed by atoms with E-state index in [2.05, 4.69) is 5.32 Å². The first-order valence-corrected chi connectivity index (χ1v) is 11.2. The monoisotopic (exact) mass is 460 g/mol. The van der Waals surface area contributed by atoms with E-state index in [0.717, 1.165) is 11.1 Å². The Morgan fingerprint density at radius 2 is 1.82 bits per heavy atom. The fourth-order valence-electron chi connectivity index (χ4n) is 4.19. The van der Waals surface area contributed by atoms with Crippen LogP contribution in [0.25, 0.3) is 0 Å². The first-order valence-electron chi connectivity index (χ1n) is 11.2. The van der Waals surface area contributed by atoms with E-state index < -0.39 is 6.04 Å². The summed E-state index contributed by atoms with van der Waals surface area (Å²) in [5, 5.41) is 2.92. The number of hydrogen-bond acceptors (Lipinski definition) is 5. The lowest BCUT2D eigenvalue weighted by molar-refractivity contribution is -0.117. The number of carbonyl (C=O) groups excluding carboxylic acids is 2. The Balaban J connectivity index is 1.64. The van der Waals surface area contributed by atoms with Crippen LogP contribution in [-0.4, -0.2) is 37.5 Å². The van der Waals surface area contributed by atoms with Crippen molar-refractivity contribution < 1.29 is 23.8 Å². The van der Waals surface area contributed by atoms with E-state index >= 15 is 0 Å². The smallest absolute Gasteiger partial charge is 0.255 e. The minimum absolute atomic E-state index is 0.0775. The molecule has 34 heavy (non-hydrogen) atoms. The van der Waals surface area contributed by atoms with Crippen LogP contribution >= 0.6 is 0 Å². The number of hydrogen-bond donors (Lipinski definition) is 1. The summed E-state index contributed by atoms with van der Waals surface area (Å²) in [5.41, 5.74) is 3.04. The topological polar surface area (TPSA) is 77.1 Å². The van der Waals surface area contributed by atoms with E-state index in [0.29, 0.717) is 41.7 Å². The number of methoxy groups -OCH3 is 2. The molecule has 0 fully saturated rings. The summed E-state index contributed by atoms with van der Waals surface area (Å²) < 4.78 is 16.4. The van der Waals surface area contributed by atoms with Crippen molar-refractivity contribution in [2.24, 2.45) is 0 Å². The third-order valence-corrected chi connectivity index (χ3v) is 5.83. The number of amides is 2. The number of ether oxygens (including phenoxy) is 3. The van der Waals surface area contributed by atoms with Gasteiger partial charge in [0.25, 0.3) is 5.91 Å². The lowest BCUT2D eigenvalue weighted by Gasteiger charge is -2.28. The maximum Gasteiger partial charge on any atom is 0.255 e. The zero-order chi connectivity index (χ0) is 24.1. The average Bonchev–Trinajstić information content (AvgIpc) is 3.19. The molecule has 7 heteroatoms. The van der Waals surface area contributed by atoms with E-state index in [1.165, 1.54) is 0 Å². The molecule has 3 aromatic carbocycles. The van der Waals surface area contributed by atoms with Gasteiger partial charge in [0.2, 0.25) is 5.91 Å². The molecule has 3 aromatic rings. The van der Waals surface area contributed by atoms with Crippen LogP contribution in [0.5, 0.6) is 17.2 Å². The second-order valence-electron chi connectivity index (χ2n) is 7.93. The van der Waals surface area contributed by atoms with Gasteiger partial charge in [-0.1, -0.05) is 30.3 Å². The molecule has 0 radical (unpaired) electrons. The zero-order valence-corrected chi connectivity index (χ0v) is 19.5. The third kappa shape index (κ3) is 4.83. The predicted molar refractivity (Wildman–Crippen MR) is 129 cm³/mol. The van der Waals surface area contributed by atoms with E-state index in [1.54, 1.807) is 31.3 Å². The van der Waals surface area contributed by atoms with Crippen molar-refractivity contribution in [2.75, 3.05) is 26.1 Å². The summed E-state index contributed by atoms with van der Waals surface area (Å²) >= 11 is 0. The molecule has 1 heterocycles. The number of fused-ring (bicyclic) bond motifs is 1. The summed E-state index contributed by atoms with van der Waals surface area (Å²) in [7, 11) is 3.15. The standard InChI is InChI=1S/C27H28N2O5/c1-4-34-24-13-12-18(14-25(24)33-3)23(29-17-19-8-5-6-11-22(19)27(29)31)16-26(30)28-20-9-7-10-21(15-20)32-2/h5-15,23H,4,16-17H2,1-3H3,(H,28,30). The summed E-state index contributed by atoms with van der Waals surface area (Å²) in [4.78, 5) is 28.1. The molecular weight excluding hydrogens is 432 g/mol. The molecule has 0 saturated carbocycles. The van der Waals surface area contributed by atoms with Gasteiger partial charge in [-0.05, 0) is 48.4 Å². The lowest BCUT2D eigenvalue weighted by Crippen LogP contribution is -2.32. The Morgan fingerprint density at radius 1 is 1.00 bits per heavy atom. The van der Waals surface area contributed by atoms with Crippen LogP contribution in [-0.2, 0) is 11.3 Å². The molecule has 0 bridgehead atoms. The Kier molecular flexibility index (Phi) is 7.01. The number of nitrogens with one attached hydrogen (secondary N) is 1. The molecule has 1 aliphatic rings. The molecule has 7 nitrogen and oxygen atoms in total. The molecule has 1 unspecified atom stereocenters. The normalized spacial score (nSPS) is 13.3. The van der Waals surface area contributed by atoms with Crippen molar-refractivity contribution in [3.05, 3.63) is 83.4 Å². The molecule has 1 aliphatic heterocycles. The van der Waals surface area contributed by atoms with Crippen LogP contribution in [0.4, 0.5) is 5.69 Å². The molecule has 176 valence electrons. The highest BCUT2D eigenvalue weighted by molar-refractivity contribution is 5.99. The molecule has 4 rings (SSSR count). The average molecular weight is 461 g/mol. The van der Waals surface area contributed by atoms with Crippen LogP contribution in [0.15, 0.2) is 66.7 Å². The largest absolute Gasteiger partial charge is 0.497 e. The highest BCUT2D eigenvalue weighted by Gasteiger charge is 2.35. The second-order valence-corrected chi connectivity index (χ2v) is 7.93. The Bertz CT molecular complexity index is 1190. The SMILES string of the molecule is CCOc1ccc(C(CC(=O)Nc2cccc(OC)c2)N2Cc3ccccc3C2=O)cc1OC. The van der Waals surface area contributed by atoms with Crippen molar-refractivity contribution in [3.8, 4) is 17.2 Å². The fourth-order valence-corrected chi connectivity index (χ4v) is 4.19. The highest BCUT2D eigenvalue weighted by Crippen LogP contribution is 2.37. The minimum atomic E-state index is -0.491. The number of nitrogens with zero attached hydrogens (tertiary/aromatic N) is 1. The first-order chi connectivity index (χ1) is 16.5. The van der Waals surface area contributed by atoms with Gasteiger partial charge in [-0.25, -0.2) is 0 Å². The summed E-state index contributed by atoms with van der Waals surface area (Å²) in [6.07, 6.45) is 0.0775. The van der Waals surface area contributed by atoms with Gasteiger partial charge in [0, 0.05) is 23.9 Å². The Hall–Kier alpha value is -4.00. The summed E-state index contributed by atoms with van der Waals surface area (Å²) in [5.74, 6) is 1.51. The van der Waals surface area contributed by atoms with Crippen molar-refractivity contribution >= 4 is 17.5 Å². The molecule has 1 atom stereocenters. The minimum Gasteiger partial charge on any atom is -0.497 e. The van der Waals surface area contributed by atoms with Crippen molar-refractivity contribution in [2.45, 2.75) is 25.9 Å². The van der Waals surface area contributed by atoms with E-state index in [1.807, 2.05) is 61.5 Å². The number of carbonyl (C=O) groups is 2.